The molecule has 1 saturated heterocycles. The number of Topliss-reactive ketones (excluding diaryl/α,β-unsaturated/α-hetero) is 1. The number of amides is 3. The van der Waals surface area contributed by atoms with Gasteiger partial charge in [0.25, 0.3) is 5.91 Å². The van der Waals surface area contributed by atoms with Gasteiger partial charge in [0, 0.05) is 23.5 Å². The second-order valence-corrected chi connectivity index (χ2v) is 6.36. The van der Waals surface area contributed by atoms with E-state index < -0.39 is 11.6 Å². The Morgan fingerprint density at radius 1 is 1.39 bits per heavy atom. The summed E-state index contributed by atoms with van der Waals surface area (Å²) < 4.78 is 1.99. The summed E-state index contributed by atoms with van der Waals surface area (Å²) in [5.41, 5.74) is 1.60. The maximum atomic E-state index is 12.6. The van der Waals surface area contributed by atoms with Gasteiger partial charge in [-0.1, -0.05) is 6.08 Å². The van der Waals surface area contributed by atoms with Crippen LogP contribution in [0, 0.1) is 13.8 Å². The van der Waals surface area contributed by atoms with Gasteiger partial charge in [0.05, 0.1) is 6.54 Å². The van der Waals surface area contributed by atoms with Crippen LogP contribution >= 0.6 is 0 Å². The van der Waals surface area contributed by atoms with Crippen molar-refractivity contribution in [2.45, 2.75) is 45.2 Å². The maximum Gasteiger partial charge on any atom is 0.325 e. The van der Waals surface area contributed by atoms with E-state index in [9.17, 15) is 14.4 Å². The number of nitrogens with one attached hydrogen (secondary N) is 1. The fourth-order valence-corrected chi connectivity index (χ4v) is 3.41. The van der Waals surface area contributed by atoms with Crippen molar-refractivity contribution < 1.29 is 14.4 Å². The number of imide groups is 1. The first-order valence-corrected chi connectivity index (χ1v) is 7.84. The second-order valence-electron chi connectivity index (χ2n) is 6.36. The number of carbonyl (C=O) groups is 3. The molecule has 1 saturated carbocycles. The van der Waals surface area contributed by atoms with Crippen molar-refractivity contribution in [3.05, 3.63) is 35.7 Å². The molecular formula is C17H21N3O3. The molecule has 1 aromatic rings. The smallest absolute Gasteiger partial charge is 0.325 e. The second kappa shape index (κ2) is 5.37. The maximum absolute atomic E-state index is 12.6. The van der Waals surface area contributed by atoms with E-state index in [4.69, 9.17) is 0 Å². The average molecular weight is 315 g/mol. The summed E-state index contributed by atoms with van der Waals surface area (Å²) in [5.74, 6) is -0.477. The molecule has 0 atom stereocenters. The largest absolute Gasteiger partial charge is 0.345 e. The summed E-state index contributed by atoms with van der Waals surface area (Å²) in [7, 11) is 0. The summed E-state index contributed by atoms with van der Waals surface area (Å²) >= 11 is 0. The minimum absolute atomic E-state index is 0.204. The van der Waals surface area contributed by atoms with Crippen LogP contribution in [0.1, 0.15) is 41.0 Å². The van der Waals surface area contributed by atoms with Crippen LogP contribution in [0.15, 0.2) is 18.7 Å². The Hall–Kier alpha value is -2.37. The van der Waals surface area contributed by atoms with Crippen molar-refractivity contribution in [1.82, 2.24) is 14.8 Å². The average Bonchev–Trinajstić information content (AvgIpc) is 2.89. The Bertz CT molecular complexity index is 713. The first-order valence-electron chi connectivity index (χ1n) is 7.84. The molecule has 122 valence electrons. The molecule has 1 aromatic heterocycles. The molecule has 23 heavy (non-hydrogen) atoms. The minimum atomic E-state index is -0.739. The highest BCUT2D eigenvalue weighted by molar-refractivity contribution is 6.11. The van der Waals surface area contributed by atoms with Crippen LogP contribution < -0.4 is 5.32 Å². The number of rotatable bonds is 5. The van der Waals surface area contributed by atoms with Gasteiger partial charge < -0.3 is 9.88 Å². The van der Waals surface area contributed by atoms with E-state index in [1.165, 1.54) is 0 Å². The SMILES string of the molecule is C=CCn1c(C)cc(C(=O)CN2C(=O)NC3(CCC3)C2=O)c1C. The molecule has 2 fully saturated rings. The number of hydrogen-bond acceptors (Lipinski definition) is 3. The van der Waals surface area contributed by atoms with Gasteiger partial charge in [-0.15, -0.1) is 6.58 Å². The molecule has 0 unspecified atom stereocenters. The molecule has 1 N–H and O–H groups in total. The number of allylic oxidation sites excluding steroid dienone is 1. The monoisotopic (exact) mass is 315 g/mol. The Labute approximate surface area is 135 Å². The topological polar surface area (TPSA) is 71.4 Å². The van der Waals surface area contributed by atoms with Crippen LogP contribution in [-0.2, 0) is 11.3 Å². The van der Waals surface area contributed by atoms with Crippen molar-refractivity contribution in [2.75, 3.05) is 6.54 Å². The predicted octanol–water partition coefficient (Wildman–Crippen LogP) is 1.95. The Kier molecular flexibility index (Phi) is 3.62. The number of carbonyl (C=O) groups excluding carboxylic acids is 3. The van der Waals surface area contributed by atoms with Crippen molar-refractivity contribution in [2.24, 2.45) is 0 Å². The van der Waals surface area contributed by atoms with Gasteiger partial charge in [-0.3, -0.25) is 14.5 Å². The number of aromatic nitrogens is 1. The standard InChI is InChI=1S/C17H21N3O3/c1-4-8-19-11(2)9-13(12(19)3)14(21)10-20-15(22)17(6-5-7-17)18-16(20)23/h4,9H,1,5-8,10H2,2-3H3,(H,18,23). The van der Waals surface area contributed by atoms with Crippen molar-refractivity contribution in [1.29, 1.82) is 0 Å². The van der Waals surface area contributed by atoms with E-state index in [-0.39, 0.29) is 18.2 Å². The van der Waals surface area contributed by atoms with E-state index >= 15 is 0 Å². The lowest BCUT2D eigenvalue weighted by atomic mass is 9.77. The van der Waals surface area contributed by atoms with Gasteiger partial charge in [-0.25, -0.2) is 4.79 Å². The van der Waals surface area contributed by atoms with Gasteiger partial charge >= 0.3 is 6.03 Å². The highest BCUT2D eigenvalue weighted by atomic mass is 16.2. The van der Waals surface area contributed by atoms with E-state index in [0.717, 1.165) is 22.7 Å². The fraction of sp³-hybridized carbons (Fsp3) is 0.471. The summed E-state index contributed by atoms with van der Waals surface area (Å²) in [6.45, 7) is 7.92. The van der Waals surface area contributed by atoms with E-state index in [1.807, 2.05) is 18.4 Å². The molecule has 6 heteroatoms. The number of urea groups is 1. The summed E-state index contributed by atoms with van der Waals surface area (Å²) in [6.07, 6.45) is 4.02. The zero-order chi connectivity index (χ0) is 16.8. The Morgan fingerprint density at radius 3 is 2.61 bits per heavy atom. The molecular weight excluding hydrogens is 294 g/mol. The molecule has 0 bridgehead atoms. The number of nitrogens with zero attached hydrogens (tertiary/aromatic N) is 2. The Balaban J connectivity index is 1.80. The number of aryl methyl sites for hydroxylation is 1. The molecule has 1 aliphatic carbocycles. The predicted molar refractivity (Wildman–Crippen MR) is 85.3 cm³/mol. The first kappa shape index (κ1) is 15.5. The number of ketones is 1. The number of hydrogen-bond donors (Lipinski definition) is 1. The molecule has 1 aliphatic heterocycles. The zero-order valence-electron chi connectivity index (χ0n) is 13.5. The van der Waals surface area contributed by atoms with Gasteiger partial charge in [0.15, 0.2) is 5.78 Å². The minimum Gasteiger partial charge on any atom is -0.345 e. The van der Waals surface area contributed by atoms with Gasteiger partial charge in [-0.05, 0) is 39.2 Å². The van der Waals surface area contributed by atoms with Crippen LogP contribution in [-0.4, -0.2) is 39.3 Å². The first-order chi connectivity index (χ1) is 10.9. The molecule has 2 aliphatic rings. The van der Waals surface area contributed by atoms with Crippen molar-refractivity contribution in [3.63, 3.8) is 0 Å². The lowest BCUT2D eigenvalue weighted by Crippen LogP contribution is -2.52. The van der Waals surface area contributed by atoms with Gasteiger partial charge in [0.2, 0.25) is 0 Å². The Morgan fingerprint density at radius 2 is 2.09 bits per heavy atom. The molecule has 2 heterocycles. The zero-order valence-corrected chi connectivity index (χ0v) is 13.5. The van der Waals surface area contributed by atoms with E-state index in [1.54, 1.807) is 12.1 Å². The normalized spacial score (nSPS) is 19.0. The molecule has 3 rings (SSSR count). The molecule has 6 nitrogen and oxygen atoms in total. The van der Waals surface area contributed by atoms with Crippen molar-refractivity contribution in [3.8, 4) is 0 Å². The van der Waals surface area contributed by atoms with Crippen molar-refractivity contribution >= 4 is 17.7 Å². The highest BCUT2D eigenvalue weighted by Crippen LogP contribution is 2.37. The third kappa shape index (κ3) is 2.29. The van der Waals surface area contributed by atoms with E-state index in [0.29, 0.717) is 24.9 Å². The summed E-state index contributed by atoms with van der Waals surface area (Å²) in [6, 6.07) is 1.35. The van der Waals surface area contributed by atoms with Crippen LogP contribution in [0.4, 0.5) is 4.79 Å². The lowest BCUT2D eigenvalue weighted by molar-refractivity contribution is -0.133. The molecule has 1 spiro atoms. The molecule has 3 amide bonds. The van der Waals surface area contributed by atoms with Crippen LogP contribution in [0.2, 0.25) is 0 Å². The third-order valence-corrected chi connectivity index (χ3v) is 4.94. The molecule has 0 aromatic carbocycles. The lowest BCUT2D eigenvalue weighted by Gasteiger charge is -2.34. The quantitative estimate of drug-likeness (QED) is 0.513. The van der Waals surface area contributed by atoms with Gasteiger partial charge in [0.1, 0.15) is 5.54 Å². The van der Waals surface area contributed by atoms with Crippen LogP contribution in [0.5, 0.6) is 0 Å². The fourth-order valence-electron chi connectivity index (χ4n) is 3.41. The third-order valence-electron chi connectivity index (χ3n) is 4.94. The highest BCUT2D eigenvalue weighted by Gasteiger charge is 2.54. The summed E-state index contributed by atoms with van der Waals surface area (Å²) in [5, 5.41) is 2.74. The van der Waals surface area contributed by atoms with Crippen LogP contribution in [0.3, 0.4) is 0 Å². The van der Waals surface area contributed by atoms with Gasteiger partial charge in [-0.2, -0.15) is 0 Å². The van der Waals surface area contributed by atoms with E-state index in [2.05, 4.69) is 11.9 Å². The van der Waals surface area contributed by atoms with Crippen LogP contribution in [0.25, 0.3) is 0 Å². The summed E-state index contributed by atoms with van der Waals surface area (Å²) in [4.78, 5) is 38.1. The molecule has 0 radical (unpaired) electrons.